The minimum Gasteiger partial charge on any atom is -0.507 e. The van der Waals surface area contributed by atoms with Crippen LogP contribution in [0.25, 0.3) is 5.76 Å². The first kappa shape index (κ1) is 25.6. The van der Waals surface area contributed by atoms with Crippen molar-refractivity contribution in [1.29, 1.82) is 0 Å². The van der Waals surface area contributed by atoms with Gasteiger partial charge < -0.3 is 29.0 Å². The number of aliphatic hydroxyl groups is 1. The van der Waals surface area contributed by atoms with E-state index < -0.39 is 17.7 Å². The predicted molar refractivity (Wildman–Crippen MR) is 138 cm³/mol. The second-order valence-electron chi connectivity index (χ2n) is 8.42. The highest BCUT2D eigenvalue weighted by Crippen LogP contribution is 2.45. The van der Waals surface area contributed by atoms with Crippen molar-refractivity contribution in [2.24, 2.45) is 0 Å². The summed E-state index contributed by atoms with van der Waals surface area (Å²) in [6, 6.07) is 18.9. The van der Waals surface area contributed by atoms with E-state index >= 15 is 0 Å². The molecule has 8 heteroatoms. The molecule has 1 unspecified atom stereocenters. The van der Waals surface area contributed by atoms with Crippen LogP contribution in [-0.2, 0) is 16.0 Å². The first-order chi connectivity index (χ1) is 17.9. The van der Waals surface area contributed by atoms with Gasteiger partial charge in [-0.3, -0.25) is 9.59 Å². The van der Waals surface area contributed by atoms with Crippen LogP contribution in [0.5, 0.6) is 23.0 Å². The first-order valence-corrected chi connectivity index (χ1v) is 11.7. The summed E-state index contributed by atoms with van der Waals surface area (Å²) in [5, 5.41) is 11.4. The number of ketones is 1. The topological polar surface area (TPSA) is 94.5 Å². The number of hydrogen-bond donors (Lipinski definition) is 1. The SMILES string of the molecule is COc1cccc(/C(O)=C2\C(=O)C(=O)N(CCc3ccccc3)C2c2cc(OC)c(OC)c(OC)c2)c1. The maximum absolute atomic E-state index is 13.4. The van der Waals surface area contributed by atoms with Crippen LogP contribution in [0.2, 0.25) is 0 Å². The fraction of sp³-hybridized carbons (Fsp3) is 0.241. The normalized spacial score (nSPS) is 16.5. The number of Topliss-reactive ketones (excluding diaryl/α,β-unsaturated/α-hetero) is 1. The van der Waals surface area contributed by atoms with Gasteiger partial charge in [-0.05, 0) is 41.8 Å². The van der Waals surface area contributed by atoms with Crippen molar-refractivity contribution in [3.63, 3.8) is 0 Å². The molecule has 37 heavy (non-hydrogen) atoms. The van der Waals surface area contributed by atoms with Gasteiger partial charge in [0.05, 0.1) is 40.1 Å². The van der Waals surface area contributed by atoms with Crippen LogP contribution >= 0.6 is 0 Å². The summed E-state index contributed by atoms with van der Waals surface area (Å²) in [5.74, 6) is -0.141. The van der Waals surface area contributed by atoms with Crippen LogP contribution in [0.4, 0.5) is 0 Å². The van der Waals surface area contributed by atoms with Gasteiger partial charge in [0, 0.05) is 12.1 Å². The minimum atomic E-state index is -0.886. The van der Waals surface area contributed by atoms with E-state index in [1.807, 2.05) is 30.3 Å². The summed E-state index contributed by atoms with van der Waals surface area (Å²) >= 11 is 0. The van der Waals surface area contributed by atoms with Gasteiger partial charge in [-0.2, -0.15) is 0 Å². The number of carbonyl (C=O) groups excluding carboxylic acids is 2. The molecule has 0 aromatic heterocycles. The lowest BCUT2D eigenvalue weighted by molar-refractivity contribution is -0.139. The average molecular weight is 504 g/mol. The Morgan fingerprint density at radius 1 is 0.838 bits per heavy atom. The highest BCUT2D eigenvalue weighted by atomic mass is 16.5. The van der Waals surface area contributed by atoms with Crippen LogP contribution < -0.4 is 18.9 Å². The Balaban J connectivity index is 1.89. The van der Waals surface area contributed by atoms with Gasteiger partial charge in [-0.25, -0.2) is 0 Å². The van der Waals surface area contributed by atoms with Crippen molar-refractivity contribution in [3.05, 3.63) is 89.0 Å². The van der Waals surface area contributed by atoms with Crippen molar-refractivity contribution in [2.75, 3.05) is 35.0 Å². The molecule has 3 aromatic rings. The second-order valence-corrected chi connectivity index (χ2v) is 8.42. The molecule has 0 bridgehead atoms. The largest absolute Gasteiger partial charge is 0.507 e. The molecule has 192 valence electrons. The van der Waals surface area contributed by atoms with Crippen molar-refractivity contribution >= 4 is 17.4 Å². The maximum Gasteiger partial charge on any atom is 0.295 e. The zero-order chi connectivity index (χ0) is 26.5. The molecule has 1 fully saturated rings. The van der Waals surface area contributed by atoms with Crippen molar-refractivity contribution in [3.8, 4) is 23.0 Å². The number of benzene rings is 3. The average Bonchev–Trinajstić information content (AvgIpc) is 3.20. The molecule has 1 heterocycles. The molecule has 0 spiro atoms. The molecule has 1 saturated heterocycles. The third-order valence-corrected chi connectivity index (χ3v) is 6.37. The minimum absolute atomic E-state index is 0.0272. The molecule has 0 saturated carbocycles. The molecular weight excluding hydrogens is 474 g/mol. The number of rotatable bonds is 9. The van der Waals surface area contributed by atoms with Gasteiger partial charge in [-0.15, -0.1) is 0 Å². The van der Waals surface area contributed by atoms with E-state index in [0.29, 0.717) is 40.5 Å². The number of methoxy groups -OCH3 is 4. The van der Waals surface area contributed by atoms with Gasteiger partial charge >= 0.3 is 0 Å². The molecule has 1 aliphatic rings. The van der Waals surface area contributed by atoms with Crippen molar-refractivity contribution in [1.82, 2.24) is 4.90 Å². The molecule has 0 aliphatic carbocycles. The molecule has 8 nitrogen and oxygen atoms in total. The molecule has 1 amide bonds. The number of carbonyl (C=O) groups is 2. The fourth-order valence-corrected chi connectivity index (χ4v) is 4.54. The number of amides is 1. The van der Waals surface area contributed by atoms with Crippen molar-refractivity contribution < 1.29 is 33.6 Å². The standard InChI is InChI=1S/C29H29NO7/c1-34-21-12-8-11-19(15-21)26(31)24-25(20-16-22(35-2)28(37-4)23(17-20)36-3)30(29(33)27(24)32)14-13-18-9-6-5-7-10-18/h5-12,15-17,25,31H,13-14H2,1-4H3/b26-24+. The van der Waals surface area contributed by atoms with Gasteiger partial charge in [0.2, 0.25) is 5.75 Å². The zero-order valence-electron chi connectivity index (χ0n) is 21.2. The summed E-state index contributed by atoms with van der Waals surface area (Å²) in [7, 11) is 5.99. The van der Waals surface area contributed by atoms with Gasteiger partial charge in [0.1, 0.15) is 11.5 Å². The third kappa shape index (κ3) is 4.95. The van der Waals surface area contributed by atoms with Crippen LogP contribution in [0, 0.1) is 0 Å². The van der Waals surface area contributed by atoms with Gasteiger partial charge in [0.15, 0.2) is 11.5 Å². The third-order valence-electron chi connectivity index (χ3n) is 6.37. The number of hydrogen-bond acceptors (Lipinski definition) is 7. The fourth-order valence-electron chi connectivity index (χ4n) is 4.54. The van der Waals surface area contributed by atoms with E-state index in [2.05, 4.69) is 0 Å². The molecule has 4 rings (SSSR count). The summed E-state index contributed by atoms with van der Waals surface area (Å²) in [6.07, 6.45) is 0.522. The monoisotopic (exact) mass is 503 g/mol. The van der Waals surface area contributed by atoms with E-state index in [0.717, 1.165) is 5.56 Å². The van der Waals surface area contributed by atoms with E-state index in [9.17, 15) is 14.7 Å². The maximum atomic E-state index is 13.4. The molecule has 0 radical (unpaired) electrons. The first-order valence-electron chi connectivity index (χ1n) is 11.7. The van der Waals surface area contributed by atoms with E-state index in [4.69, 9.17) is 18.9 Å². The Kier molecular flexibility index (Phi) is 7.67. The Hall–Kier alpha value is -4.46. The van der Waals surface area contributed by atoms with E-state index in [1.54, 1.807) is 36.4 Å². The predicted octanol–water partition coefficient (Wildman–Crippen LogP) is 4.39. The second kappa shape index (κ2) is 11.1. The summed E-state index contributed by atoms with van der Waals surface area (Å²) in [6.45, 7) is 0.255. The van der Waals surface area contributed by atoms with Crippen LogP contribution in [0.3, 0.4) is 0 Å². The molecule has 1 aliphatic heterocycles. The highest BCUT2D eigenvalue weighted by molar-refractivity contribution is 6.46. The Bertz CT molecular complexity index is 1310. The molecule has 1 atom stereocenters. The lowest BCUT2D eigenvalue weighted by Gasteiger charge is -2.26. The van der Waals surface area contributed by atoms with Crippen LogP contribution in [0.1, 0.15) is 22.7 Å². The smallest absolute Gasteiger partial charge is 0.295 e. The van der Waals surface area contributed by atoms with E-state index in [-0.39, 0.29) is 17.9 Å². The zero-order valence-corrected chi connectivity index (χ0v) is 21.2. The summed E-state index contributed by atoms with van der Waals surface area (Å²) in [4.78, 5) is 28.2. The molecular formula is C29H29NO7. The van der Waals surface area contributed by atoms with Crippen LogP contribution in [0.15, 0.2) is 72.3 Å². The summed E-state index contributed by atoms with van der Waals surface area (Å²) < 4.78 is 21.8. The van der Waals surface area contributed by atoms with Crippen molar-refractivity contribution in [2.45, 2.75) is 12.5 Å². The quantitative estimate of drug-likeness (QED) is 0.263. The Labute approximate surface area is 215 Å². The Morgan fingerprint density at radius 3 is 2.11 bits per heavy atom. The number of nitrogens with zero attached hydrogens (tertiary/aromatic N) is 1. The van der Waals surface area contributed by atoms with E-state index in [1.165, 1.54) is 33.3 Å². The lowest BCUT2D eigenvalue weighted by Crippen LogP contribution is -2.31. The van der Waals surface area contributed by atoms with Crippen LogP contribution in [-0.4, -0.2) is 56.7 Å². The summed E-state index contributed by atoms with van der Waals surface area (Å²) in [5.41, 5.74) is 1.88. The number of ether oxygens (including phenoxy) is 4. The lowest BCUT2D eigenvalue weighted by atomic mass is 9.94. The van der Waals surface area contributed by atoms with Gasteiger partial charge in [-0.1, -0.05) is 42.5 Å². The molecule has 1 N–H and O–H groups in total. The molecule has 3 aromatic carbocycles. The van der Waals surface area contributed by atoms with Gasteiger partial charge in [0.25, 0.3) is 11.7 Å². The highest BCUT2D eigenvalue weighted by Gasteiger charge is 2.46. The Morgan fingerprint density at radius 2 is 1.51 bits per heavy atom. The number of aliphatic hydroxyl groups excluding tert-OH is 1. The number of likely N-dealkylation sites (tertiary alicyclic amines) is 1.